The lowest BCUT2D eigenvalue weighted by Gasteiger charge is -2.43. The number of rotatable bonds is 2. The molecule has 4 heteroatoms. The van der Waals surface area contributed by atoms with Gasteiger partial charge in [0.2, 0.25) is 0 Å². The molecule has 4 nitrogen and oxygen atoms in total. The molecule has 3 aromatic rings. The number of carbonyl (C=O) groups excluding carboxylic acids is 1. The van der Waals surface area contributed by atoms with Gasteiger partial charge in [-0.05, 0) is 35.9 Å². The molecule has 27 heavy (non-hydrogen) atoms. The molecule has 0 aliphatic carbocycles. The SMILES string of the molecule is COc1cccc(C2=Cc3ccccc3[C@H]3NC(=O)c4ccccc4N23)c1. The zero-order valence-electron chi connectivity index (χ0n) is 14.8. The number of hydrogen-bond acceptors (Lipinski definition) is 3. The van der Waals surface area contributed by atoms with Crippen molar-refractivity contribution in [2.24, 2.45) is 0 Å². The highest BCUT2D eigenvalue weighted by atomic mass is 16.5. The highest BCUT2D eigenvalue weighted by molar-refractivity contribution is 6.07. The van der Waals surface area contributed by atoms with Gasteiger partial charge in [-0.1, -0.05) is 48.5 Å². The number of benzene rings is 3. The molecule has 3 aromatic carbocycles. The largest absolute Gasteiger partial charge is 0.497 e. The molecular formula is C23H18N2O2. The second kappa shape index (κ2) is 6.02. The summed E-state index contributed by atoms with van der Waals surface area (Å²) in [4.78, 5) is 14.9. The average molecular weight is 354 g/mol. The van der Waals surface area contributed by atoms with Crippen LogP contribution in [0.3, 0.4) is 0 Å². The van der Waals surface area contributed by atoms with Crippen molar-refractivity contribution in [1.29, 1.82) is 0 Å². The van der Waals surface area contributed by atoms with Gasteiger partial charge in [0.25, 0.3) is 5.91 Å². The number of amides is 1. The Morgan fingerprint density at radius 1 is 0.963 bits per heavy atom. The molecule has 1 N–H and O–H groups in total. The number of nitrogens with zero attached hydrogens (tertiary/aromatic N) is 1. The number of fused-ring (bicyclic) bond motifs is 5. The number of ether oxygens (including phenoxy) is 1. The van der Waals surface area contributed by atoms with Crippen LogP contribution in [0.15, 0.2) is 72.8 Å². The maximum atomic E-state index is 12.7. The third-order valence-corrected chi connectivity index (χ3v) is 5.14. The Labute approximate surface area is 157 Å². The van der Waals surface area contributed by atoms with E-state index in [1.807, 2.05) is 54.6 Å². The van der Waals surface area contributed by atoms with Gasteiger partial charge in [-0.2, -0.15) is 0 Å². The number of carbonyl (C=O) groups is 1. The standard InChI is InChI=1S/C23H18N2O2/c1-27-17-9-6-8-16(13-17)21-14-15-7-2-3-10-18(15)22-24-23(26)19-11-4-5-12-20(19)25(21)22/h2-14,22H,1H3,(H,24,26)/t22-/m0/s1. The molecule has 0 spiro atoms. The van der Waals surface area contributed by atoms with Crippen LogP contribution in [0.4, 0.5) is 5.69 Å². The summed E-state index contributed by atoms with van der Waals surface area (Å²) >= 11 is 0. The van der Waals surface area contributed by atoms with Crippen molar-refractivity contribution in [1.82, 2.24) is 5.32 Å². The van der Waals surface area contributed by atoms with Crippen molar-refractivity contribution in [3.05, 3.63) is 95.1 Å². The third-order valence-electron chi connectivity index (χ3n) is 5.14. The number of methoxy groups -OCH3 is 1. The molecule has 0 saturated heterocycles. The summed E-state index contributed by atoms with van der Waals surface area (Å²) in [7, 11) is 1.67. The Bertz CT molecular complexity index is 1090. The maximum Gasteiger partial charge on any atom is 0.255 e. The van der Waals surface area contributed by atoms with Gasteiger partial charge in [0.05, 0.1) is 24.1 Å². The number of nitrogens with one attached hydrogen (secondary N) is 1. The van der Waals surface area contributed by atoms with Gasteiger partial charge >= 0.3 is 0 Å². The quantitative estimate of drug-likeness (QED) is 0.739. The van der Waals surface area contributed by atoms with Crippen LogP contribution >= 0.6 is 0 Å². The third kappa shape index (κ3) is 2.41. The van der Waals surface area contributed by atoms with Crippen molar-refractivity contribution in [3.8, 4) is 5.75 Å². The van der Waals surface area contributed by atoms with Crippen LogP contribution in [0.5, 0.6) is 5.75 Å². The van der Waals surface area contributed by atoms with Crippen LogP contribution in [0.1, 0.15) is 33.2 Å². The van der Waals surface area contributed by atoms with Crippen molar-refractivity contribution >= 4 is 23.4 Å². The van der Waals surface area contributed by atoms with E-state index >= 15 is 0 Å². The molecule has 0 bridgehead atoms. The summed E-state index contributed by atoms with van der Waals surface area (Å²) < 4.78 is 5.42. The predicted molar refractivity (Wildman–Crippen MR) is 106 cm³/mol. The molecule has 0 aromatic heterocycles. The number of hydrogen-bond donors (Lipinski definition) is 1. The Hall–Kier alpha value is -3.53. The second-order valence-corrected chi connectivity index (χ2v) is 6.65. The van der Waals surface area contributed by atoms with Crippen molar-refractivity contribution in [3.63, 3.8) is 0 Å². The summed E-state index contributed by atoms with van der Waals surface area (Å²) in [5.41, 5.74) is 5.87. The summed E-state index contributed by atoms with van der Waals surface area (Å²) in [6.45, 7) is 0. The second-order valence-electron chi connectivity index (χ2n) is 6.65. The Morgan fingerprint density at radius 3 is 2.67 bits per heavy atom. The first-order chi connectivity index (χ1) is 13.3. The molecule has 0 fully saturated rings. The van der Waals surface area contributed by atoms with E-state index in [0.717, 1.165) is 33.8 Å². The van der Waals surface area contributed by atoms with Gasteiger partial charge in [-0.3, -0.25) is 4.79 Å². The number of anilines is 1. The molecule has 5 rings (SSSR count). The molecular weight excluding hydrogens is 336 g/mol. The van der Waals surface area contributed by atoms with Gasteiger partial charge < -0.3 is 15.0 Å². The van der Waals surface area contributed by atoms with Gasteiger partial charge in [0.15, 0.2) is 0 Å². The van der Waals surface area contributed by atoms with E-state index in [2.05, 4.69) is 34.5 Å². The van der Waals surface area contributed by atoms with Crippen LogP contribution in [0.25, 0.3) is 11.8 Å². The lowest BCUT2D eigenvalue weighted by molar-refractivity contribution is 0.0930. The van der Waals surface area contributed by atoms with Gasteiger partial charge in [-0.15, -0.1) is 0 Å². The van der Waals surface area contributed by atoms with Crippen molar-refractivity contribution < 1.29 is 9.53 Å². The number of para-hydroxylation sites is 1. The minimum Gasteiger partial charge on any atom is -0.497 e. The molecule has 2 heterocycles. The highest BCUT2D eigenvalue weighted by Crippen LogP contribution is 2.44. The zero-order valence-corrected chi connectivity index (χ0v) is 14.8. The summed E-state index contributed by atoms with van der Waals surface area (Å²) in [6.07, 6.45) is 1.93. The van der Waals surface area contributed by atoms with Crippen LogP contribution in [0.2, 0.25) is 0 Å². The minimum atomic E-state index is -0.241. The van der Waals surface area contributed by atoms with E-state index < -0.39 is 0 Å². The Morgan fingerprint density at radius 2 is 1.78 bits per heavy atom. The Kier molecular flexibility index (Phi) is 3.50. The van der Waals surface area contributed by atoms with Crippen molar-refractivity contribution in [2.45, 2.75) is 6.17 Å². The van der Waals surface area contributed by atoms with E-state index in [1.165, 1.54) is 0 Å². The molecule has 2 aliphatic heterocycles. The van der Waals surface area contributed by atoms with Gasteiger partial charge in [0.1, 0.15) is 11.9 Å². The van der Waals surface area contributed by atoms with E-state index in [9.17, 15) is 4.79 Å². The molecule has 1 atom stereocenters. The van der Waals surface area contributed by atoms with E-state index in [0.29, 0.717) is 5.56 Å². The Balaban J connectivity index is 1.77. The minimum absolute atomic E-state index is 0.0476. The van der Waals surface area contributed by atoms with Crippen LogP contribution in [0, 0.1) is 0 Å². The lowest BCUT2D eigenvalue weighted by atomic mass is 9.92. The first-order valence-electron chi connectivity index (χ1n) is 8.90. The molecule has 0 unspecified atom stereocenters. The molecule has 0 saturated carbocycles. The first-order valence-corrected chi connectivity index (χ1v) is 8.90. The van der Waals surface area contributed by atoms with E-state index in [-0.39, 0.29) is 12.1 Å². The lowest BCUT2D eigenvalue weighted by Crippen LogP contribution is -2.47. The highest BCUT2D eigenvalue weighted by Gasteiger charge is 2.37. The maximum absolute atomic E-state index is 12.7. The van der Waals surface area contributed by atoms with E-state index in [1.54, 1.807) is 7.11 Å². The van der Waals surface area contributed by atoms with Gasteiger partial charge in [0, 0.05) is 11.1 Å². The van der Waals surface area contributed by atoms with Crippen LogP contribution in [-0.4, -0.2) is 13.0 Å². The van der Waals surface area contributed by atoms with Crippen molar-refractivity contribution in [2.75, 3.05) is 12.0 Å². The predicted octanol–water partition coefficient (Wildman–Crippen LogP) is 4.46. The first kappa shape index (κ1) is 15.7. The topological polar surface area (TPSA) is 41.6 Å². The summed E-state index contributed by atoms with van der Waals surface area (Å²) in [6, 6.07) is 23.9. The fraction of sp³-hybridized carbons (Fsp3) is 0.0870. The van der Waals surface area contributed by atoms with Crippen LogP contribution < -0.4 is 15.0 Å². The zero-order chi connectivity index (χ0) is 18.4. The fourth-order valence-corrected chi connectivity index (χ4v) is 3.88. The fourth-order valence-electron chi connectivity index (χ4n) is 3.88. The molecule has 132 valence electrons. The smallest absolute Gasteiger partial charge is 0.255 e. The molecule has 1 amide bonds. The normalized spacial score (nSPS) is 17.2. The monoisotopic (exact) mass is 354 g/mol. The van der Waals surface area contributed by atoms with E-state index in [4.69, 9.17) is 4.74 Å². The summed E-state index contributed by atoms with van der Waals surface area (Å²) in [5, 5.41) is 3.17. The molecule has 0 radical (unpaired) electrons. The van der Waals surface area contributed by atoms with Gasteiger partial charge in [-0.25, -0.2) is 0 Å². The average Bonchev–Trinajstić information content (AvgIpc) is 2.73. The summed E-state index contributed by atoms with van der Waals surface area (Å²) in [5.74, 6) is 0.756. The van der Waals surface area contributed by atoms with Crippen LogP contribution in [-0.2, 0) is 0 Å². The molecule has 2 aliphatic rings.